The molecule has 2 heterocycles. The first-order chi connectivity index (χ1) is 9.29. The Bertz CT molecular complexity index is 737. The molecule has 19 heavy (non-hydrogen) atoms. The maximum Gasteiger partial charge on any atom is 0.340 e. The number of rotatable bonds is 2. The molecule has 3 rings (SSSR count). The molecule has 0 radical (unpaired) electrons. The molecule has 94 valence electrons. The molecular weight excluding hydrogens is 244 g/mol. The van der Waals surface area contributed by atoms with Gasteiger partial charge >= 0.3 is 5.97 Å². The first-order valence-electron chi connectivity index (χ1n) is 5.63. The van der Waals surface area contributed by atoms with Crippen molar-refractivity contribution in [3.05, 3.63) is 42.2 Å². The van der Waals surface area contributed by atoms with Crippen molar-refractivity contribution in [2.75, 3.05) is 7.11 Å². The van der Waals surface area contributed by atoms with Gasteiger partial charge in [0.2, 0.25) is 0 Å². The van der Waals surface area contributed by atoms with Gasteiger partial charge in [0.25, 0.3) is 0 Å². The Morgan fingerprint density at radius 1 is 1.26 bits per heavy atom. The molecule has 0 fully saturated rings. The summed E-state index contributed by atoms with van der Waals surface area (Å²) in [4.78, 5) is 19.2. The van der Waals surface area contributed by atoms with E-state index in [1.807, 2.05) is 6.07 Å². The normalized spacial score (nSPS) is 10.6. The number of carbonyl (C=O) groups excluding carboxylic acids is 1. The van der Waals surface area contributed by atoms with Gasteiger partial charge in [-0.1, -0.05) is 6.07 Å². The van der Waals surface area contributed by atoms with Gasteiger partial charge in [-0.05, 0) is 18.2 Å². The van der Waals surface area contributed by atoms with E-state index >= 15 is 0 Å². The summed E-state index contributed by atoms with van der Waals surface area (Å²) in [6.45, 7) is 0. The molecule has 1 N–H and O–H groups in total. The van der Waals surface area contributed by atoms with E-state index in [2.05, 4.69) is 20.2 Å². The third-order valence-electron chi connectivity index (χ3n) is 2.78. The number of methoxy groups -OCH3 is 1. The number of esters is 1. The van der Waals surface area contributed by atoms with Gasteiger partial charge in [0, 0.05) is 5.56 Å². The van der Waals surface area contributed by atoms with Crippen LogP contribution in [-0.2, 0) is 4.74 Å². The van der Waals surface area contributed by atoms with E-state index in [0.717, 1.165) is 11.1 Å². The van der Waals surface area contributed by atoms with Crippen LogP contribution in [0.15, 0.2) is 36.7 Å². The number of aromatic amines is 1. The average Bonchev–Trinajstić information content (AvgIpc) is 2.91. The van der Waals surface area contributed by atoms with Crippen LogP contribution in [0.25, 0.3) is 22.4 Å². The van der Waals surface area contributed by atoms with Crippen LogP contribution in [-0.4, -0.2) is 33.2 Å². The number of carbonyl (C=O) groups is 1. The van der Waals surface area contributed by atoms with Crippen LogP contribution in [0.1, 0.15) is 10.4 Å². The van der Waals surface area contributed by atoms with Crippen LogP contribution in [0.3, 0.4) is 0 Å². The number of nitrogens with one attached hydrogen (secondary N) is 1. The van der Waals surface area contributed by atoms with Crippen molar-refractivity contribution in [1.29, 1.82) is 0 Å². The summed E-state index contributed by atoms with van der Waals surface area (Å²) in [5, 5.41) is 7.52. The Kier molecular flexibility index (Phi) is 2.68. The van der Waals surface area contributed by atoms with E-state index in [1.165, 1.54) is 7.11 Å². The molecule has 0 saturated heterocycles. The smallest absolute Gasteiger partial charge is 0.340 e. The van der Waals surface area contributed by atoms with Crippen molar-refractivity contribution in [2.24, 2.45) is 0 Å². The van der Waals surface area contributed by atoms with Crippen molar-refractivity contribution >= 4 is 17.0 Å². The second-order valence-electron chi connectivity index (χ2n) is 3.91. The number of imidazole rings is 1. The molecule has 0 bridgehead atoms. The third kappa shape index (κ3) is 1.93. The number of hydrogen-bond donors (Lipinski definition) is 1. The SMILES string of the molecule is COC(=O)c1cccc2[nH]c(-c3ccnnc3)nc12. The van der Waals surface area contributed by atoms with Gasteiger partial charge in [0.1, 0.15) is 11.3 Å². The number of fused-ring (bicyclic) bond motifs is 1. The summed E-state index contributed by atoms with van der Waals surface area (Å²) in [6.07, 6.45) is 3.19. The fourth-order valence-corrected chi connectivity index (χ4v) is 1.87. The molecule has 0 unspecified atom stereocenters. The molecule has 1 aromatic carbocycles. The molecule has 2 aromatic heterocycles. The number of H-pyrrole nitrogens is 1. The van der Waals surface area contributed by atoms with Crippen molar-refractivity contribution in [1.82, 2.24) is 20.2 Å². The Labute approximate surface area is 108 Å². The lowest BCUT2D eigenvalue weighted by Crippen LogP contribution is -2.01. The Morgan fingerprint density at radius 3 is 2.89 bits per heavy atom. The first kappa shape index (κ1) is 11.3. The highest BCUT2D eigenvalue weighted by Crippen LogP contribution is 2.22. The molecule has 3 aromatic rings. The lowest BCUT2D eigenvalue weighted by atomic mass is 10.2. The lowest BCUT2D eigenvalue weighted by Gasteiger charge is -1.98. The third-order valence-corrected chi connectivity index (χ3v) is 2.78. The first-order valence-corrected chi connectivity index (χ1v) is 5.63. The summed E-state index contributed by atoms with van der Waals surface area (Å²) in [5.41, 5.74) is 2.60. The summed E-state index contributed by atoms with van der Waals surface area (Å²) in [5.74, 6) is 0.234. The van der Waals surface area contributed by atoms with Gasteiger partial charge in [0.05, 0.1) is 30.6 Å². The Morgan fingerprint density at radius 2 is 2.16 bits per heavy atom. The summed E-state index contributed by atoms with van der Waals surface area (Å²) >= 11 is 0. The number of benzene rings is 1. The Hall–Kier alpha value is -2.76. The van der Waals surface area contributed by atoms with Gasteiger partial charge in [-0.2, -0.15) is 10.2 Å². The van der Waals surface area contributed by atoms with Crippen LogP contribution >= 0.6 is 0 Å². The number of aromatic nitrogens is 4. The zero-order valence-electron chi connectivity index (χ0n) is 10.1. The minimum Gasteiger partial charge on any atom is -0.465 e. The fraction of sp³-hybridized carbons (Fsp3) is 0.0769. The topological polar surface area (TPSA) is 80.8 Å². The number of hydrogen-bond acceptors (Lipinski definition) is 5. The minimum atomic E-state index is -0.406. The molecule has 6 nitrogen and oxygen atoms in total. The molecule has 0 spiro atoms. The molecule has 0 saturated carbocycles. The zero-order valence-corrected chi connectivity index (χ0v) is 10.1. The minimum absolute atomic E-state index is 0.406. The second kappa shape index (κ2) is 4.49. The molecule has 6 heteroatoms. The van der Waals surface area contributed by atoms with E-state index in [9.17, 15) is 4.79 Å². The maximum atomic E-state index is 11.7. The van der Waals surface area contributed by atoms with E-state index < -0.39 is 5.97 Å². The highest BCUT2D eigenvalue weighted by molar-refractivity contribution is 6.02. The van der Waals surface area contributed by atoms with Gasteiger partial charge in [-0.3, -0.25) is 0 Å². The molecule has 0 amide bonds. The number of ether oxygens (including phenoxy) is 1. The van der Waals surface area contributed by atoms with Crippen molar-refractivity contribution in [3.8, 4) is 11.4 Å². The van der Waals surface area contributed by atoms with Crippen molar-refractivity contribution in [2.45, 2.75) is 0 Å². The predicted octanol–water partition coefficient (Wildman–Crippen LogP) is 1.81. The highest BCUT2D eigenvalue weighted by atomic mass is 16.5. The number of nitrogens with zero attached hydrogens (tertiary/aromatic N) is 3. The van der Waals surface area contributed by atoms with Gasteiger partial charge in [-0.15, -0.1) is 0 Å². The maximum absolute atomic E-state index is 11.7. The fourth-order valence-electron chi connectivity index (χ4n) is 1.87. The monoisotopic (exact) mass is 254 g/mol. The summed E-state index contributed by atoms with van der Waals surface area (Å²) in [6, 6.07) is 7.11. The van der Waals surface area contributed by atoms with Crippen LogP contribution in [0, 0.1) is 0 Å². The van der Waals surface area contributed by atoms with E-state index in [-0.39, 0.29) is 0 Å². The van der Waals surface area contributed by atoms with Crippen molar-refractivity contribution in [3.63, 3.8) is 0 Å². The quantitative estimate of drug-likeness (QED) is 0.705. The van der Waals surface area contributed by atoms with E-state index in [1.54, 1.807) is 30.6 Å². The van der Waals surface area contributed by atoms with Gasteiger partial charge < -0.3 is 9.72 Å². The summed E-state index contributed by atoms with van der Waals surface area (Å²) in [7, 11) is 1.35. The van der Waals surface area contributed by atoms with Crippen LogP contribution < -0.4 is 0 Å². The zero-order chi connectivity index (χ0) is 13.2. The molecular formula is C13H10N4O2. The summed E-state index contributed by atoms with van der Waals surface area (Å²) < 4.78 is 4.74. The largest absolute Gasteiger partial charge is 0.465 e. The number of para-hydroxylation sites is 1. The molecule has 0 aliphatic rings. The predicted molar refractivity (Wildman–Crippen MR) is 68.5 cm³/mol. The standard InChI is InChI=1S/C13H10N4O2/c1-19-13(18)9-3-2-4-10-11(9)17-12(16-10)8-5-6-14-15-7-8/h2-7H,1H3,(H,16,17). The molecule has 0 aliphatic carbocycles. The van der Waals surface area contributed by atoms with Gasteiger partial charge in [-0.25, -0.2) is 9.78 Å². The van der Waals surface area contributed by atoms with Crippen LogP contribution in [0.4, 0.5) is 0 Å². The Balaban J connectivity index is 2.19. The van der Waals surface area contributed by atoms with E-state index in [4.69, 9.17) is 4.74 Å². The van der Waals surface area contributed by atoms with Crippen LogP contribution in [0.2, 0.25) is 0 Å². The molecule has 0 aliphatic heterocycles. The molecule has 0 atom stereocenters. The average molecular weight is 254 g/mol. The lowest BCUT2D eigenvalue weighted by molar-refractivity contribution is 0.0603. The van der Waals surface area contributed by atoms with Gasteiger partial charge in [0.15, 0.2) is 0 Å². The van der Waals surface area contributed by atoms with Crippen molar-refractivity contribution < 1.29 is 9.53 Å². The second-order valence-corrected chi connectivity index (χ2v) is 3.91. The van der Waals surface area contributed by atoms with E-state index in [0.29, 0.717) is 16.9 Å². The van der Waals surface area contributed by atoms with Crippen LogP contribution in [0.5, 0.6) is 0 Å². The highest BCUT2D eigenvalue weighted by Gasteiger charge is 2.14.